The fourth-order valence-corrected chi connectivity index (χ4v) is 5.21. The van der Waals surface area contributed by atoms with E-state index in [1.165, 1.54) is 24.3 Å². The Bertz CT molecular complexity index is 1170. The van der Waals surface area contributed by atoms with Crippen LogP contribution in [0.1, 0.15) is 28.8 Å². The number of benzene rings is 2. The van der Waals surface area contributed by atoms with Gasteiger partial charge < -0.3 is 20.6 Å². The third-order valence-electron chi connectivity index (χ3n) is 7.09. The lowest BCUT2D eigenvalue weighted by atomic mass is 9.89. The van der Waals surface area contributed by atoms with Crippen molar-refractivity contribution in [3.63, 3.8) is 0 Å². The van der Waals surface area contributed by atoms with Crippen LogP contribution in [0.2, 0.25) is 5.02 Å². The van der Waals surface area contributed by atoms with Crippen LogP contribution in [0.3, 0.4) is 0 Å². The average Bonchev–Trinajstić information content (AvgIpc) is 2.88. The summed E-state index contributed by atoms with van der Waals surface area (Å²) >= 11 is 6.15. The minimum absolute atomic E-state index is 0.0626. The summed E-state index contributed by atoms with van der Waals surface area (Å²) in [5.41, 5.74) is -3.37. The highest BCUT2D eigenvalue weighted by Crippen LogP contribution is 2.41. The number of aliphatic hydroxyl groups is 1. The zero-order chi connectivity index (χ0) is 28.4. The molecule has 2 aromatic carbocycles. The lowest BCUT2D eigenvalue weighted by Crippen LogP contribution is -2.62. The average molecular weight is 575 g/mol. The Kier molecular flexibility index (Phi) is 8.67. The number of halogens is 6. The minimum atomic E-state index is -5.17. The van der Waals surface area contributed by atoms with E-state index < -0.39 is 42.1 Å². The molecule has 0 radical (unpaired) electrons. The zero-order valence-electron chi connectivity index (χ0n) is 20.7. The molecule has 0 bridgehead atoms. The number of alkyl halides is 5. The molecule has 2 aliphatic heterocycles. The van der Waals surface area contributed by atoms with Gasteiger partial charge in [-0.2, -0.15) is 13.2 Å². The molecule has 13 heteroatoms. The SMILES string of the molecule is O=C(NCC(F)F)c1ccc(NC2CN(C3CCN(C(=O)[C@@](O)(c4ccccc4)C(F)(F)F)CC3)C2)cc1Cl. The maximum atomic E-state index is 13.9. The van der Waals surface area contributed by atoms with Crippen molar-refractivity contribution >= 4 is 29.1 Å². The van der Waals surface area contributed by atoms with Gasteiger partial charge >= 0.3 is 6.18 Å². The number of anilines is 1. The molecule has 39 heavy (non-hydrogen) atoms. The van der Waals surface area contributed by atoms with Gasteiger partial charge in [-0.3, -0.25) is 14.5 Å². The highest BCUT2D eigenvalue weighted by molar-refractivity contribution is 6.34. The van der Waals surface area contributed by atoms with Gasteiger partial charge in [-0.25, -0.2) is 8.78 Å². The topological polar surface area (TPSA) is 84.9 Å². The molecule has 2 fully saturated rings. The van der Waals surface area contributed by atoms with Crippen molar-refractivity contribution in [2.24, 2.45) is 0 Å². The maximum Gasteiger partial charge on any atom is 0.430 e. The van der Waals surface area contributed by atoms with Crippen LogP contribution in [0.15, 0.2) is 48.5 Å². The Balaban J connectivity index is 1.28. The van der Waals surface area contributed by atoms with Crippen molar-refractivity contribution in [3.8, 4) is 0 Å². The normalized spacial score (nSPS) is 18.9. The number of rotatable bonds is 8. The molecular weight excluding hydrogens is 547 g/mol. The number of hydrogen-bond donors (Lipinski definition) is 3. The first-order valence-corrected chi connectivity index (χ1v) is 12.8. The molecule has 2 saturated heterocycles. The maximum absolute atomic E-state index is 13.9. The molecule has 0 saturated carbocycles. The van der Waals surface area contributed by atoms with E-state index in [-0.39, 0.29) is 35.8 Å². The zero-order valence-corrected chi connectivity index (χ0v) is 21.5. The number of likely N-dealkylation sites (tertiary alicyclic amines) is 2. The van der Waals surface area contributed by atoms with Crippen molar-refractivity contribution in [2.75, 3.05) is 38.0 Å². The van der Waals surface area contributed by atoms with E-state index in [1.807, 2.05) is 0 Å². The molecule has 2 amide bonds. The van der Waals surface area contributed by atoms with Gasteiger partial charge in [-0.15, -0.1) is 0 Å². The summed E-state index contributed by atoms with van der Waals surface area (Å²) in [6.07, 6.45) is -6.90. The number of hydrogen-bond acceptors (Lipinski definition) is 5. The smallest absolute Gasteiger partial charge is 0.380 e. The van der Waals surface area contributed by atoms with Gasteiger partial charge in [0.05, 0.1) is 23.2 Å². The highest BCUT2D eigenvalue weighted by Gasteiger charge is 2.62. The first kappa shape index (κ1) is 29.0. The molecule has 212 valence electrons. The molecule has 0 spiro atoms. The Morgan fingerprint density at radius 2 is 1.69 bits per heavy atom. The van der Waals surface area contributed by atoms with E-state index in [1.54, 1.807) is 12.1 Å². The number of piperidine rings is 1. The Morgan fingerprint density at radius 3 is 2.26 bits per heavy atom. The molecule has 3 N–H and O–H groups in total. The first-order chi connectivity index (χ1) is 18.4. The molecule has 0 unspecified atom stereocenters. The van der Waals surface area contributed by atoms with Gasteiger partial charge in [-0.1, -0.05) is 41.9 Å². The Hall–Kier alpha value is -2.96. The van der Waals surface area contributed by atoms with Crippen molar-refractivity contribution in [2.45, 2.75) is 43.1 Å². The third kappa shape index (κ3) is 6.28. The highest BCUT2D eigenvalue weighted by atomic mass is 35.5. The fraction of sp³-hybridized carbons (Fsp3) is 0.462. The number of carbonyl (C=O) groups excluding carboxylic acids is 2. The van der Waals surface area contributed by atoms with Gasteiger partial charge in [0, 0.05) is 43.5 Å². The largest absolute Gasteiger partial charge is 0.430 e. The van der Waals surface area contributed by atoms with Crippen LogP contribution < -0.4 is 10.6 Å². The van der Waals surface area contributed by atoms with Crippen LogP contribution in [-0.4, -0.2) is 84.1 Å². The predicted octanol–water partition coefficient (Wildman–Crippen LogP) is 3.87. The van der Waals surface area contributed by atoms with E-state index in [9.17, 15) is 36.6 Å². The number of nitrogens with one attached hydrogen (secondary N) is 2. The van der Waals surface area contributed by atoms with Gasteiger partial charge in [0.25, 0.3) is 23.8 Å². The standard InChI is InChI=1S/C26H28ClF5N4O3/c27-21-12-17(6-7-20(21)23(37)33-13-22(28)29)34-18-14-36(15-18)19-8-10-35(11-9-19)24(38)25(39,26(30,31)32)16-4-2-1-3-5-16/h1-7,12,18-19,22,34,39H,8-11,13-15H2,(H,33,37)/t25-/m0/s1. The van der Waals surface area contributed by atoms with E-state index in [2.05, 4.69) is 15.5 Å². The minimum Gasteiger partial charge on any atom is -0.380 e. The number of carbonyl (C=O) groups is 2. The first-order valence-electron chi connectivity index (χ1n) is 12.4. The predicted molar refractivity (Wildman–Crippen MR) is 135 cm³/mol. The van der Waals surface area contributed by atoms with E-state index in [4.69, 9.17) is 11.6 Å². The fourth-order valence-electron chi connectivity index (χ4n) is 4.94. The summed E-state index contributed by atoms with van der Waals surface area (Å²) in [6.45, 7) is 0.727. The van der Waals surface area contributed by atoms with E-state index in [0.717, 1.165) is 17.0 Å². The van der Waals surface area contributed by atoms with Crippen LogP contribution in [-0.2, 0) is 10.4 Å². The summed E-state index contributed by atoms with van der Waals surface area (Å²) in [5, 5.41) is 16.1. The molecule has 7 nitrogen and oxygen atoms in total. The summed E-state index contributed by atoms with van der Waals surface area (Å²) in [5.74, 6) is -2.06. The lowest BCUT2D eigenvalue weighted by molar-refractivity contribution is -0.262. The second-order valence-electron chi connectivity index (χ2n) is 9.69. The molecule has 0 aliphatic carbocycles. The number of amides is 2. The molecule has 1 atom stereocenters. The Morgan fingerprint density at radius 1 is 1.05 bits per heavy atom. The molecule has 2 aromatic rings. The van der Waals surface area contributed by atoms with Crippen LogP contribution >= 0.6 is 11.6 Å². The van der Waals surface area contributed by atoms with Crippen LogP contribution in [0.5, 0.6) is 0 Å². The third-order valence-corrected chi connectivity index (χ3v) is 7.40. The number of nitrogens with zero attached hydrogens (tertiary/aromatic N) is 2. The lowest BCUT2D eigenvalue weighted by Gasteiger charge is -2.48. The van der Waals surface area contributed by atoms with Crippen LogP contribution in [0.4, 0.5) is 27.6 Å². The van der Waals surface area contributed by atoms with Crippen molar-refractivity contribution < 1.29 is 36.6 Å². The monoisotopic (exact) mass is 574 g/mol. The van der Waals surface area contributed by atoms with E-state index in [0.29, 0.717) is 31.6 Å². The Labute approximate surface area is 226 Å². The summed E-state index contributed by atoms with van der Waals surface area (Å²) < 4.78 is 66.2. The van der Waals surface area contributed by atoms with Crippen molar-refractivity contribution in [1.82, 2.24) is 15.1 Å². The molecule has 4 rings (SSSR count). The van der Waals surface area contributed by atoms with Gasteiger partial charge in [-0.05, 0) is 31.0 Å². The van der Waals surface area contributed by atoms with E-state index >= 15 is 0 Å². The van der Waals surface area contributed by atoms with Gasteiger partial charge in [0.2, 0.25) is 0 Å². The van der Waals surface area contributed by atoms with Crippen molar-refractivity contribution in [1.29, 1.82) is 0 Å². The van der Waals surface area contributed by atoms with Crippen LogP contribution in [0.25, 0.3) is 0 Å². The quantitative estimate of drug-likeness (QED) is 0.417. The molecule has 0 aromatic heterocycles. The second kappa shape index (κ2) is 11.6. The summed E-state index contributed by atoms with van der Waals surface area (Å²) in [6, 6.07) is 11.1. The molecule has 2 aliphatic rings. The van der Waals surface area contributed by atoms with Gasteiger partial charge in [0.15, 0.2) is 0 Å². The summed E-state index contributed by atoms with van der Waals surface area (Å²) in [4.78, 5) is 28.1. The molecular formula is C26H28ClF5N4O3. The van der Waals surface area contributed by atoms with Crippen molar-refractivity contribution in [3.05, 3.63) is 64.7 Å². The molecule has 2 heterocycles. The second-order valence-corrected chi connectivity index (χ2v) is 10.1. The van der Waals surface area contributed by atoms with Crippen LogP contribution in [0, 0.1) is 0 Å². The van der Waals surface area contributed by atoms with Gasteiger partial charge in [0.1, 0.15) is 0 Å². The summed E-state index contributed by atoms with van der Waals surface area (Å²) in [7, 11) is 0.